The monoisotopic (exact) mass is 277 g/mol. The fraction of sp³-hybridized carbons (Fsp3) is 0.0625. The molecule has 0 aliphatic rings. The van der Waals surface area contributed by atoms with Crippen LogP contribution in [0.4, 0.5) is 0 Å². The summed E-state index contributed by atoms with van der Waals surface area (Å²) >= 11 is 0. The van der Waals surface area contributed by atoms with Crippen molar-refractivity contribution in [3.63, 3.8) is 0 Å². The maximum absolute atomic E-state index is 12.1. The van der Waals surface area contributed by atoms with Crippen LogP contribution in [0.1, 0.15) is 5.69 Å². The van der Waals surface area contributed by atoms with Crippen molar-refractivity contribution in [2.45, 2.75) is 0 Å². The van der Waals surface area contributed by atoms with Crippen molar-refractivity contribution in [1.82, 2.24) is 9.97 Å². The summed E-state index contributed by atoms with van der Waals surface area (Å²) in [5.74, 6) is 0.620. The van der Waals surface area contributed by atoms with E-state index in [1.807, 2.05) is 12.1 Å². The molecule has 0 fully saturated rings. The number of nitrogens with zero attached hydrogens (tertiary/aromatic N) is 2. The second kappa shape index (κ2) is 5.10. The number of nitriles is 1. The number of H-pyrrole nitrogens is 1. The summed E-state index contributed by atoms with van der Waals surface area (Å²) in [6, 6.07) is 12.6. The molecule has 5 nitrogen and oxygen atoms in total. The first-order chi connectivity index (χ1) is 10.2. The van der Waals surface area contributed by atoms with Crippen LogP contribution in [0.2, 0.25) is 0 Å². The zero-order chi connectivity index (χ0) is 14.8. The number of aromatic amines is 1. The third kappa shape index (κ3) is 2.13. The smallest absolute Gasteiger partial charge is 0.256 e. The van der Waals surface area contributed by atoms with Crippen molar-refractivity contribution in [3.8, 4) is 23.1 Å². The SMILES string of the molecule is COc1ccc2c(=O)[nH]c(C#N)c(-c3ccccn3)c2c1. The molecule has 0 amide bonds. The molecule has 102 valence electrons. The number of hydrogen-bond acceptors (Lipinski definition) is 4. The van der Waals surface area contributed by atoms with Gasteiger partial charge in [-0.15, -0.1) is 0 Å². The van der Waals surface area contributed by atoms with Gasteiger partial charge < -0.3 is 9.72 Å². The van der Waals surface area contributed by atoms with Crippen molar-refractivity contribution >= 4 is 10.8 Å². The van der Waals surface area contributed by atoms with Crippen LogP contribution in [-0.2, 0) is 0 Å². The third-order valence-corrected chi connectivity index (χ3v) is 3.26. The molecular formula is C16H11N3O2. The Morgan fingerprint density at radius 1 is 1.24 bits per heavy atom. The van der Waals surface area contributed by atoms with E-state index in [9.17, 15) is 10.1 Å². The van der Waals surface area contributed by atoms with E-state index in [0.717, 1.165) is 0 Å². The predicted octanol–water partition coefficient (Wildman–Crippen LogP) is 2.47. The molecule has 0 unspecified atom stereocenters. The van der Waals surface area contributed by atoms with E-state index in [-0.39, 0.29) is 11.3 Å². The summed E-state index contributed by atoms with van der Waals surface area (Å²) in [5, 5.41) is 10.5. The summed E-state index contributed by atoms with van der Waals surface area (Å²) < 4.78 is 5.21. The van der Waals surface area contributed by atoms with Crippen molar-refractivity contribution in [1.29, 1.82) is 5.26 Å². The van der Waals surface area contributed by atoms with Crippen LogP contribution in [0, 0.1) is 11.3 Å². The molecule has 1 N–H and O–H groups in total. The summed E-state index contributed by atoms with van der Waals surface area (Å²) in [6.45, 7) is 0. The second-order valence-corrected chi connectivity index (χ2v) is 4.44. The van der Waals surface area contributed by atoms with Gasteiger partial charge in [-0.1, -0.05) is 6.07 Å². The predicted molar refractivity (Wildman–Crippen MR) is 79.1 cm³/mol. The minimum absolute atomic E-state index is 0.194. The van der Waals surface area contributed by atoms with Gasteiger partial charge in [-0.05, 0) is 30.3 Å². The quantitative estimate of drug-likeness (QED) is 0.780. The first-order valence-electron chi connectivity index (χ1n) is 6.30. The number of benzene rings is 1. The molecule has 5 heteroatoms. The van der Waals surface area contributed by atoms with Crippen LogP contribution in [-0.4, -0.2) is 17.1 Å². The molecule has 21 heavy (non-hydrogen) atoms. The van der Waals surface area contributed by atoms with Gasteiger partial charge in [-0.3, -0.25) is 9.78 Å². The number of nitrogens with one attached hydrogen (secondary N) is 1. The second-order valence-electron chi connectivity index (χ2n) is 4.44. The molecule has 0 aliphatic carbocycles. The van der Waals surface area contributed by atoms with Crippen LogP contribution < -0.4 is 10.3 Å². The zero-order valence-corrected chi connectivity index (χ0v) is 11.3. The average molecular weight is 277 g/mol. The minimum Gasteiger partial charge on any atom is -0.497 e. The average Bonchev–Trinajstić information content (AvgIpc) is 2.54. The molecule has 2 heterocycles. The Balaban J connectivity index is 2.48. The maximum atomic E-state index is 12.1. The van der Waals surface area contributed by atoms with Crippen LogP contribution in [0.5, 0.6) is 5.75 Å². The molecule has 0 saturated carbocycles. The van der Waals surface area contributed by atoms with Crippen molar-refractivity contribution in [2.75, 3.05) is 7.11 Å². The molecule has 0 spiro atoms. The Morgan fingerprint density at radius 2 is 2.10 bits per heavy atom. The summed E-state index contributed by atoms with van der Waals surface area (Å²) in [5.41, 5.74) is 1.12. The Labute approximate surface area is 120 Å². The highest BCUT2D eigenvalue weighted by Crippen LogP contribution is 2.30. The number of methoxy groups -OCH3 is 1. The molecule has 3 rings (SSSR count). The highest BCUT2D eigenvalue weighted by atomic mass is 16.5. The number of aromatic nitrogens is 2. The Hall–Kier alpha value is -3.13. The minimum atomic E-state index is -0.302. The van der Waals surface area contributed by atoms with E-state index in [0.29, 0.717) is 27.8 Å². The Bertz CT molecular complexity index is 908. The van der Waals surface area contributed by atoms with E-state index in [1.165, 1.54) is 0 Å². The van der Waals surface area contributed by atoms with Crippen LogP contribution in [0.25, 0.3) is 22.0 Å². The van der Waals surface area contributed by atoms with E-state index in [1.54, 1.807) is 43.6 Å². The number of pyridine rings is 2. The lowest BCUT2D eigenvalue weighted by atomic mass is 10.0. The first kappa shape index (κ1) is 12.9. The number of fused-ring (bicyclic) bond motifs is 1. The molecule has 0 saturated heterocycles. The van der Waals surface area contributed by atoms with E-state index < -0.39 is 0 Å². The molecule has 0 radical (unpaired) electrons. The lowest BCUT2D eigenvalue weighted by molar-refractivity contribution is 0.415. The summed E-state index contributed by atoms with van der Waals surface area (Å²) in [6.07, 6.45) is 1.65. The van der Waals surface area contributed by atoms with Crippen molar-refractivity contribution in [3.05, 3.63) is 58.6 Å². The fourth-order valence-electron chi connectivity index (χ4n) is 2.29. The van der Waals surface area contributed by atoms with Gasteiger partial charge in [0.25, 0.3) is 5.56 Å². The van der Waals surface area contributed by atoms with Gasteiger partial charge >= 0.3 is 0 Å². The lowest BCUT2D eigenvalue weighted by Crippen LogP contribution is -2.10. The van der Waals surface area contributed by atoms with E-state index >= 15 is 0 Å². The van der Waals surface area contributed by atoms with E-state index in [2.05, 4.69) is 9.97 Å². The number of ether oxygens (including phenoxy) is 1. The maximum Gasteiger partial charge on any atom is 0.256 e. The van der Waals surface area contributed by atoms with E-state index in [4.69, 9.17) is 4.74 Å². The molecule has 2 aromatic heterocycles. The number of hydrogen-bond donors (Lipinski definition) is 1. The molecule has 0 aliphatic heterocycles. The molecule has 0 bridgehead atoms. The van der Waals surface area contributed by atoms with Gasteiger partial charge in [-0.25, -0.2) is 0 Å². The third-order valence-electron chi connectivity index (χ3n) is 3.26. The molecule has 0 atom stereocenters. The van der Waals surface area contributed by atoms with Crippen LogP contribution in [0.15, 0.2) is 47.4 Å². The first-order valence-corrected chi connectivity index (χ1v) is 6.30. The fourth-order valence-corrected chi connectivity index (χ4v) is 2.29. The number of rotatable bonds is 2. The normalized spacial score (nSPS) is 10.3. The van der Waals surface area contributed by atoms with Crippen LogP contribution in [0.3, 0.4) is 0 Å². The standard InChI is InChI=1S/C16H11N3O2/c1-21-10-5-6-11-12(8-10)15(13-4-2-3-7-18-13)14(9-17)19-16(11)20/h2-8H,1H3,(H,19,20). The molecule has 1 aromatic carbocycles. The van der Waals surface area contributed by atoms with Gasteiger partial charge in [0.2, 0.25) is 0 Å². The summed E-state index contributed by atoms with van der Waals surface area (Å²) in [7, 11) is 1.56. The van der Waals surface area contributed by atoms with Crippen LogP contribution >= 0.6 is 0 Å². The van der Waals surface area contributed by atoms with Gasteiger partial charge in [0.1, 0.15) is 17.5 Å². The van der Waals surface area contributed by atoms with Gasteiger partial charge in [-0.2, -0.15) is 5.26 Å². The largest absolute Gasteiger partial charge is 0.497 e. The van der Waals surface area contributed by atoms with Gasteiger partial charge in [0.05, 0.1) is 12.8 Å². The molecular weight excluding hydrogens is 266 g/mol. The topological polar surface area (TPSA) is 78.8 Å². The Morgan fingerprint density at radius 3 is 2.76 bits per heavy atom. The highest BCUT2D eigenvalue weighted by molar-refractivity contribution is 5.97. The van der Waals surface area contributed by atoms with Gasteiger partial charge in [0.15, 0.2) is 0 Å². The van der Waals surface area contributed by atoms with Crippen molar-refractivity contribution < 1.29 is 4.74 Å². The zero-order valence-electron chi connectivity index (χ0n) is 11.3. The lowest BCUT2D eigenvalue weighted by Gasteiger charge is -2.09. The summed E-state index contributed by atoms with van der Waals surface area (Å²) in [4.78, 5) is 19.0. The highest BCUT2D eigenvalue weighted by Gasteiger charge is 2.14. The molecule has 3 aromatic rings. The van der Waals surface area contributed by atoms with Gasteiger partial charge in [0, 0.05) is 22.5 Å². The Kier molecular flexibility index (Phi) is 3.13. The van der Waals surface area contributed by atoms with Crippen molar-refractivity contribution in [2.24, 2.45) is 0 Å².